The Balaban J connectivity index is 1.32. The minimum Gasteiger partial charge on any atom is -0.364 e. The van der Waals surface area contributed by atoms with Gasteiger partial charge in [-0.15, -0.1) is 11.3 Å². The first-order valence-corrected chi connectivity index (χ1v) is 19.2. The van der Waals surface area contributed by atoms with Crippen molar-refractivity contribution in [2.75, 3.05) is 5.32 Å². The van der Waals surface area contributed by atoms with Gasteiger partial charge in [0.1, 0.15) is 28.2 Å². The molecule has 10 rings (SSSR count). The van der Waals surface area contributed by atoms with Crippen molar-refractivity contribution in [3.8, 4) is 22.0 Å². The molecule has 4 heterocycles. The van der Waals surface area contributed by atoms with E-state index in [-0.39, 0.29) is 34.5 Å². The lowest BCUT2D eigenvalue weighted by molar-refractivity contribution is -0.116. The van der Waals surface area contributed by atoms with E-state index in [1.54, 1.807) is 0 Å². The standard InChI is InChI=1S/C43H36ClFN6OS/c1-26-17-22-34(53-26)39-36(45)41(48-37-28-20-18-27(19-21-28)33(37)25-52)50-40(49-39)32-24-51(42-38(32)46-23-35(44)47-42)43(29-11-5-2-6-12-29,30-13-7-3-8-14-30)31-15-9-4-10-16-31/h2-17,22-25,27-28,33,37H,18-21H2,1H3,(H,48,49,50). The maximum absolute atomic E-state index is 16.8. The number of thiophene rings is 1. The second-order valence-electron chi connectivity index (χ2n) is 14.1. The summed E-state index contributed by atoms with van der Waals surface area (Å²) < 4.78 is 18.9. The van der Waals surface area contributed by atoms with Gasteiger partial charge in [0.25, 0.3) is 0 Å². The number of anilines is 1. The number of benzene rings is 3. The van der Waals surface area contributed by atoms with Crippen LogP contribution >= 0.6 is 22.9 Å². The van der Waals surface area contributed by atoms with Gasteiger partial charge >= 0.3 is 0 Å². The summed E-state index contributed by atoms with van der Waals surface area (Å²) >= 11 is 8.12. The van der Waals surface area contributed by atoms with Gasteiger partial charge in [0.15, 0.2) is 23.1 Å². The van der Waals surface area contributed by atoms with Crippen LogP contribution in [0, 0.1) is 30.5 Å². The predicted molar refractivity (Wildman–Crippen MR) is 209 cm³/mol. The lowest BCUT2D eigenvalue weighted by Crippen LogP contribution is -2.49. The maximum atomic E-state index is 16.8. The molecule has 2 bridgehead atoms. The van der Waals surface area contributed by atoms with Gasteiger partial charge < -0.3 is 14.7 Å². The van der Waals surface area contributed by atoms with Gasteiger partial charge in [0.2, 0.25) is 0 Å². The van der Waals surface area contributed by atoms with Crippen LogP contribution < -0.4 is 5.32 Å². The molecule has 3 fully saturated rings. The van der Waals surface area contributed by atoms with E-state index in [1.807, 2.05) is 79.9 Å². The summed E-state index contributed by atoms with van der Waals surface area (Å²) in [6.45, 7) is 1.99. The minimum absolute atomic E-state index is 0.0868. The molecule has 0 amide bonds. The van der Waals surface area contributed by atoms with Gasteiger partial charge in [-0.1, -0.05) is 103 Å². The highest BCUT2D eigenvalue weighted by molar-refractivity contribution is 7.15. The third-order valence-electron chi connectivity index (χ3n) is 11.2. The first-order valence-electron chi connectivity index (χ1n) is 18.0. The van der Waals surface area contributed by atoms with E-state index in [0.29, 0.717) is 33.3 Å². The number of rotatable bonds is 9. The van der Waals surface area contributed by atoms with Crippen molar-refractivity contribution in [1.29, 1.82) is 0 Å². The first kappa shape index (κ1) is 33.6. The smallest absolute Gasteiger partial charge is 0.192 e. The molecular weight excluding hydrogens is 703 g/mol. The van der Waals surface area contributed by atoms with Crippen LogP contribution in [0.4, 0.5) is 10.2 Å². The van der Waals surface area contributed by atoms with Gasteiger partial charge in [-0.05, 0) is 73.3 Å². The largest absolute Gasteiger partial charge is 0.364 e. The summed E-state index contributed by atoms with van der Waals surface area (Å²) in [6, 6.07) is 34.5. The molecule has 7 nitrogen and oxygen atoms in total. The van der Waals surface area contributed by atoms with E-state index in [0.717, 1.165) is 53.5 Å². The molecule has 2 atom stereocenters. The van der Waals surface area contributed by atoms with Gasteiger partial charge in [-0.25, -0.2) is 24.3 Å². The third-order valence-corrected chi connectivity index (χ3v) is 12.4. The number of nitrogens with zero attached hydrogens (tertiary/aromatic N) is 5. The molecule has 0 spiro atoms. The second kappa shape index (κ2) is 13.6. The van der Waals surface area contributed by atoms with Crippen LogP contribution in [0.15, 0.2) is 116 Å². The summed E-state index contributed by atoms with van der Waals surface area (Å²) in [5, 5.41) is 3.70. The van der Waals surface area contributed by atoms with E-state index in [1.165, 1.54) is 17.5 Å². The Labute approximate surface area is 316 Å². The monoisotopic (exact) mass is 738 g/mol. The van der Waals surface area contributed by atoms with Crippen molar-refractivity contribution in [3.63, 3.8) is 0 Å². The molecule has 3 saturated carbocycles. The summed E-state index contributed by atoms with van der Waals surface area (Å²) in [6.07, 6.45) is 8.62. The number of aromatic nitrogens is 5. The van der Waals surface area contributed by atoms with E-state index in [2.05, 4.69) is 46.3 Å². The van der Waals surface area contributed by atoms with Crippen molar-refractivity contribution < 1.29 is 9.18 Å². The summed E-state index contributed by atoms with van der Waals surface area (Å²) in [7, 11) is 0. The van der Waals surface area contributed by atoms with Crippen LogP contribution in [0.25, 0.3) is 33.1 Å². The molecule has 0 aliphatic heterocycles. The van der Waals surface area contributed by atoms with Crippen LogP contribution in [-0.2, 0) is 10.3 Å². The molecule has 3 aliphatic carbocycles. The molecule has 0 saturated heterocycles. The predicted octanol–water partition coefficient (Wildman–Crippen LogP) is 9.97. The Morgan fingerprint density at radius 1 is 0.830 bits per heavy atom. The first-order chi connectivity index (χ1) is 25.9. The number of halogens is 2. The van der Waals surface area contributed by atoms with Crippen molar-refractivity contribution in [2.45, 2.75) is 44.2 Å². The zero-order chi connectivity index (χ0) is 36.1. The third kappa shape index (κ3) is 5.65. The molecular formula is C43H36ClFN6OS. The molecule has 4 aromatic heterocycles. The number of hydrogen-bond donors (Lipinski definition) is 1. The van der Waals surface area contributed by atoms with Crippen LogP contribution in [0.1, 0.15) is 47.3 Å². The molecule has 3 aromatic carbocycles. The van der Waals surface area contributed by atoms with Crippen molar-refractivity contribution in [2.24, 2.45) is 17.8 Å². The van der Waals surface area contributed by atoms with E-state index < -0.39 is 11.4 Å². The summed E-state index contributed by atoms with van der Waals surface area (Å²) in [5.74, 6) is 0.195. The Kier molecular flexibility index (Phi) is 8.63. The number of hydrogen-bond acceptors (Lipinski definition) is 7. The quantitative estimate of drug-likeness (QED) is 0.117. The zero-order valence-electron chi connectivity index (χ0n) is 29.0. The number of aryl methyl sites for hydroxylation is 1. The summed E-state index contributed by atoms with van der Waals surface area (Å²) in [5.41, 5.74) is 3.85. The van der Waals surface area contributed by atoms with Crippen LogP contribution in [0.3, 0.4) is 0 Å². The highest BCUT2D eigenvalue weighted by Gasteiger charge is 2.45. The zero-order valence-corrected chi connectivity index (χ0v) is 30.6. The number of fused-ring (bicyclic) bond motifs is 4. The fourth-order valence-corrected chi connectivity index (χ4v) is 9.77. The molecule has 264 valence electrons. The Hall–Kier alpha value is -5.25. The molecule has 7 aromatic rings. The number of aldehydes is 1. The van der Waals surface area contributed by atoms with Crippen molar-refractivity contribution >= 4 is 46.2 Å². The van der Waals surface area contributed by atoms with E-state index in [4.69, 9.17) is 31.5 Å². The molecule has 0 radical (unpaired) electrons. The SMILES string of the molecule is Cc1ccc(-c2nc(-c3cn(C(c4ccccc4)(c4ccccc4)c4ccccc4)c4nc(Cl)cnc34)nc(NC3C4CCC(CC4)C3C=O)c2F)s1. The molecule has 1 N–H and O–H groups in total. The van der Waals surface area contributed by atoms with Gasteiger partial charge in [0, 0.05) is 23.0 Å². The number of carbonyl (C=O) groups excluding carboxylic acids is 1. The Morgan fingerprint density at radius 3 is 2.00 bits per heavy atom. The van der Waals surface area contributed by atoms with Gasteiger partial charge in [-0.2, -0.15) is 0 Å². The maximum Gasteiger partial charge on any atom is 0.192 e. The average Bonchev–Trinajstić information content (AvgIpc) is 3.81. The van der Waals surface area contributed by atoms with Crippen LogP contribution in [0.5, 0.6) is 0 Å². The van der Waals surface area contributed by atoms with Crippen molar-refractivity contribution in [3.05, 3.63) is 148 Å². The highest BCUT2D eigenvalue weighted by Crippen LogP contribution is 2.47. The molecule has 3 aliphatic rings. The van der Waals surface area contributed by atoms with E-state index >= 15 is 4.39 Å². The van der Waals surface area contributed by atoms with E-state index in [9.17, 15) is 4.79 Å². The fraction of sp³-hybridized carbons (Fsp3) is 0.233. The van der Waals surface area contributed by atoms with Gasteiger partial charge in [0.05, 0.1) is 16.6 Å². The number of nitrogens with one attached hydrogen (secondary N) is 1. The molecule has 53 heavy (non-hydrogen) atoms. The lowest BCUT2D eigenvalue weighted by atomic mass is 9.62. The van der Waals surface area contributed by atoms with Crippen LogP contribution in [0.2, 0.25) is 5.15 Å². The highest BCUT2D eigenvalue weighted by atomic mass is 35.5. The molecule has 2 unspecified atom stereocenters. The minimum atomic E-state index is -0.938. The lowest BCUT2D eigenvalue weighted by Gasteiger charge is -2.46. The van der Waals surface area contributed by atoms with Crippen LogP contribution in [-0.4, -0.2) is 36.8 Å². The Bertz CT molecular complexity index is 2330. The summed E-state index contributed by atoms with van der Waals surface area (Å²) in [4.78, 5) is 33.8. The molecule has 10 heteroatoms. The number of carbonyl (C=O) groups is 1. The fourth-order valence-electron chi connectivity index (χ4n) is 8.79. The second-order valence-corrected chi connectivity index (χ2v) is 15.8. The van der Waals surface area contributed by atoms with Crippen molar-refractivity contribution in [1.82, 2.24) is 24.5 Å². The van der Waals surface area contributed by atoms with Gasteiger partial charge in [-0.3, -0.25) is 0 Å². The average molecular weight is 739 g/mol. The normalized spacial score (nSPS) is 19.8. The topological polar surface area (TPSA) is 85.6 Å². The Morgan fingerprint density at radius 2 is 1.43 bits per heavy atom.